The van der Waals surface area contributed by atoms with Gasteiger partial charge in [0.2, 0.25) is 5.89 Å². The first-order valence-corrected chi connectivity index (χ1v) is 18.5. The van der Waals surface area contributed by atoms with Crippen molar-refractivity contribution >= 4 is 71.6 Å². The molecular weight excluding hydrogens is 673 g/mol. The zero-order valence-electron chi connectivity index (χ0n) is 29.7. The summed E-state index contributed by atoms with van der Waals surface area (Å²) in [7, 11) is 0. The van der Waals surface area contributed by atoms with Crippen LogP contribution < -0.4 is 4.90 Å². The van der Waals surface area contributed by atoms with E-state index in [-0.39, 0.29) is 0 Å². The highest BCUT2D eigenvalue weighted by Gasteiger charge is 2.20. The Morgan fingerprint density at radius 2 is 1.00 bits per heavy atom. The van der Waals surface area contributed by atoms with Crippen molar-refractivity contribution in [1.82, 2.24) is 4.98 Å². The molecule has 0 bridgehead atoms. The summed E-state index contributed by atoms with van der Waals surface area (Å²) in [5, 5.41) is 6.86. The minimum atomic E-state index is 0.603. The van der Waals surface area contributed by atoms with Crippen molar-refractivity contribution in [3.05, 3.63) is 194 Å². The predicted molar refractivity (Wildman–Crippen MR) is 227 cm³/mol. The van der Waals surface area contributed by atoms with E-state index in [1.807, 2.05) is 42.5 Å². The summed E-state index contributed by atoms with van der Waals surface area (Å²) in [5.74, 6) is 0.603. The number of hydrogen-bond donors (Lipinski definition) is 0. The number of oxazole rings is 1. The Balaban J connectivity index is 1.03. The quantitative estimate of drug-likeness (QED) is 0.162. The van der Waals surface area contributed by atoms with Crippen LogP contribution in [0.2, 0.25) is 0 Å². The second kappa shape index (κ2) is 12.6. The first-order valence-electron chi connectivity index (χ1n) is 18.5. The summed E-state index contributed by atoms with van der Waals surface area (Å²) < 4.78 is 12.6. The number of rotatable bonds is 6. The van der Waals surface area contributed by atoms with Crippen LogP contribution in [-0.4, -0.2) is 4.98 Å². The molecule has 0 saturated carbocycles. The van der Waals surface area contributed by atoms with Gasteiger partial charge in [0.15, 0.2) is 5.58 Å². The number of furan rings is 1. The van der Waals surface area contributed by atoms with Crippen LogP contribution in [0.5, 0.6) is 0 Å². The molecule has 9 aromatic carbocycles. The Kier molecular flexibility index (Phi) is 7.14. The first-order chi connectivity index (χ1) is 27.2. The molecule has 11 aromatic rings. The Bertz CT molecular complexity index is 3200. The maximum Gasteiger partial charge on any atom is 0.227 e. The normalized spacial score (nSPS) is 11.6. The van der Waals surface area contributed by atoms with Gasteiger partial charge < -0.3 is 13.7 Å². The smallest absolute Gasteiger partial charge is 0.227 e. The van der Waals surface area contributed by atoms with Crippen LogP contribution in [0.15, 0.2) is 203 Å². The molecule has 0 radical (unpaired) electrons. The number of fused-ring (bicyclic) bond motifs is 8. The summed E-state index contributed by atoms with van der Waals surface area (Å²) in [6.07, 6.45) is 0. The van der Waals surface area contributed by atoms with Gasteiger partial charge in [0.1, 0.15) is 16.7 Å². The van der Waals surface area contributed by atoms with Crippen molar-refractivity contribution in [1.29, 1.82) is 0 Å². The Morgan fingerprint density at radius 3 is 1.82 bits per heavy atom. The molecule has 2 heterocycles. The highest BCUT2D eigenvalue weighted by Crippen LogP contribution is 2.44. The maximum absolute atomic E-state index is 6.45. The van der Waals surface area contributed by atoms with Crippen LogP contribution in [0.3, 0.4) is 0 Å². The van der Waals surface area contributed by atoms with E-state index in [0.717, 1.165) is 66.8 Å². The minimum absolute atomic E-state index is 0.603. The lowest BCUT2D eigenvalue weighted by Gasteiger charge is -2.28. The third-order valence-electron chi connectivity index (χ3n) is 10.7. The molecule has 258 valence electrons. The lowest BCUT2D eigenvalue weighted by Crippen LogP contribution is -2.10. The number of nitrogens with zero attached hydrogens (tertiary/aromatic N) is 2. The van der Waals surface area contributed by atoms with E-state index >= 15 is 0 Å². The SMILES string of the molecule is c1ccc(-c2cccc(N(c3ccc(-c4ccc5c(c4)oc4ccc6oc(-c7ccccc7)nc6c45)cc3)c3cc4ccccc4c4ccccc34)c2)cc1. The fourth-order valence-corrected chi connectivity index (χ4v) is 8.04. The van der Waals surface area contributed by atoms with Gasteiger partial charge in [0.25, 0.3) is 0 Å². The summed E-state index contributed by atoms with van der Waals surface area (Å²) >= 11 is 0. The molecule has 0 spiro atoms. The van der Waals surface area contributed by atoms with Gasteiger partial charge in [-0.3, -0.25) is 0 Å². The minimum Gasteiger partial charge on any atom is -0.456 e. The molecule has 0 fully saturated rings. The van der Waals surface area contributed by atoms with E-state index in [4.69, 9.17) is 13.8 Å². The first kappa shape index (κ1) is 31.1. The van der Waals surface area contributed by atoms with Gasteiger partial charge in [-0.25, -0.2) is 4.98 Å². The van der Waals surface area contributed by atoms with Gasteiger partial charge in [-0.2, -0.15) is 0 Å². The summed E-state index contributed by atoms with van der Waals surface area (Å²) in [4.78, 5) is 7.31. The Morgan fingerprint density at radius 1 is 0.364 bits per heavy atom. The van der Waals surface area contributed by atoms with E-state index in [9.17, 15) is 0 Å². The van der Waals surface area contributed by atoms with Crippen LogP contribution in [-0.2, 0) is 0 Å². The van der Waals surface area contributed by atoms with Crippen LogP contribution in [0, 0.1) is 0 Å². The molecule has 0 saturated heterocycles. The molecule has 0 atom stereocenters. The van der Waals surface area contributed by atoms with E-state index in [0.29, 0.717) is 5.89 Å². The molecule has 2 aromatic heterocycles. The highest BCUT2D eigenvalue weighted by atomic mass is 16.4. The number of hydrogen-bond acceptors (Lipinski definition) is 4. The lowest BCUT2D eigenvalue weighted by molar-refractivity contribution is 0.619. The maximum atomic E-state index is 6.45. The van der Waals surface area contributed by atoms with Gasteiger partial charge >= 0.3 is 0 Å². The van der Waals surface area contributed by atoms with Gasteiger partial charge in [-0.05, 0) is 105 Å². The second-order valence-corrected chi connectivity index (χ2v) is 13.9. The Labute approximate surface area is 317 Å². The van der Waals surface area contributed by atoms with E-state index in [2.05, 4.69) is 157 Å². The monoisotopic (exact) mass is 704 g/mol. The molecule has 55 heavy (non-hydrogen) atoms. The van der Waals surface area contributed by atoms with Crippen molar-refractivity contribution in [3.8, 4) is 33.7 Å². The molecule has 0 unspecified atom stereocenters. The van der Waals surface area contributed by atoms with Gasteiger partial charge in [-0.1, -0.05) is 127 Å². The number of aromatic nitrogens is 1. The topological polar surface area (TPSA) is 42.4 Å². The lowest BCUT2D eigenvalue weighted by atomic mass is 9.98. The summed E-state index contributed by atoms with van der Waals surface area (Å²) in [5.41, 5.74) is 11.9. The van der Waals surface area contributed by atoms with Gasteiger partial charge in [0.05, 0.1) is 11.1 Å². The van der Waals surface area contributed by atoms with Crippen LogP contribution >= 0.6 is 0 Å². The van der Waals surface area contributed by atoms with Crippen LogP contribution in [0.4, 0.5) is 17.1 Å². The standard InChI is InChI=1S/C51H32N2O2/c1-3-12-33(13-4-1)36-17-11-18-40(30-36)53(45-31-38-16-7-8-19-41(38)42-20-9-10-21-43(42)45)39-25-22-34(23-26-39)37-24-27-44-48(32-37)54-46-28-29-47-50(49(44)46)52-51(55-47)35-14-5-2-6-15-35/h1-32H. The van der Waals surface area contributed by atoms with Gasteiger partial charge in [0, 0.05) is 27.7 Å². The fraction of sp³-hybridized carbons (Fsp3) is 0. The van der Waals surface area contributed by atoms with Crippen molar-refractivity contribution < 1.29 is 8.83 Å². The molecule has 0 amide bonds. The average molecular weight is 705 g/mol. The van der Waals surface area contributed by atoms with E-state index in [1.54, 1.807) is 0 Å². The molecule has 0 aliphatic rings. The van der Waals surface area contributed by atoms with E-state index in [1.165, 1.54) is 32.7 Å². The number of anilines is 3. The van der Waals surface area contributed by atoms with Crippen LogP contribution in [0.1, 0.15) is 0 Å². The average Bonchev–Trinajstić information content (AvgIpc) is 3.86. The Hall–Kier alpha value is -7.43. The third-order valence-corrected chi connectivity index (χ3v) is 10.7. The van der Waals surface area contributed by atoms with Gasteiger partial charge in [-0.15, -0.1) is 0 Å². The molecule has 4 heteroatoms. The zero-order chi connectivity index (χ0) is 36.3. The van der Waals surface area contributed by atoms with E-state index < -0.39 is 0 Å². The van der Waals surface area contributed by atoms with Crippen LogP contribution in [0.25, 0.3) is 88.3 Å². The fourth-order valence-electron chi connectivity index (χ4n) is 8.04. The number of benzene rings is 9. The van der Waals surface area contributed by atoms with Crippen molar-refractivity contribution in [2.24, 2.45) is 0 Å². The van der Waals surface area contributed by atoms with Crippen molar-refractivity contribution in [3.63, 3.8) is 0 Å². The summed E-state index contributed by atoms with van der Waals surface area (Å²) in [6.45, 7) is 0. The molecule has 0 aliphatic carbocycles. The van der Waals surface area contributed by atoms with Crippen molar-refractivity contribution in [2.75, 3.05) is 4.90 Å². The zero-order valence-corrected chi connectivity index (χ0v) is 29.7. The predicted octanol–water partition coefficient (Wildman–Crippen LogP) is 14.5. The molecular formula is C51H32N2O2. The molecule has 0 aliphatic heterocycles. The molecule has 0 N–H and O–H groups in total. The summed E-state index contributed by atoms with van der Waals surface area (Å²) in [6, 6.07) is 68.3. The molecule has 4 nitrogen and oxygen atoms in total. The third kappa shape index (κ3) is 5.26. The van der Waals surface area contributed by atoms with Crippen molar-refractivity contribution in [2.45, 2.75) is 0 Å². The molecule has 11 rings (SSSR count). The second-order valence-electron chi connectivity index (χ2n) is 13.9. The highest BCUT2D eigenvalue weighted by molar-refractivity contribution is 6.17. The largest absolute Gasteiger partial charge is 0.456 e.